The number of aromatic nitrogens is 2. The lowest BCUT2D eigenvalue weighted by Gasteiger charge is -2.30. The van der Waals surface area contributed by atoms with Crippen LogP contribution in [0.3, 0.4) is 0 Å². The summed E-state index contributed by atoms with van der Waals surface area (Å²) in [5.74, 6) is 1.60. The summed E-state index contributed by atoms with van der Waals surface area (Å²) in [6.07, 6.45) is 8.47. The van der Waals surface area contributed by atoms with Crippen LogP contribution in [0.1, 0.15) is 20.8 Å². The van der Waals surface area contributed by atoms with Gasteiger partial charge in [0, 0.05) is 23.9 Å². The predicted octanol–water partition coefficient (Wildman–Crippen LogP) is 4.25. The van der Waals surface area contributed by atoms with Gasteiger partial charge in [-0.2, -0.15) is 0 Å². The van der Waals surface area contributed by atoms with Crippen molar-refractivity contribution < 1.29 is 5.11 Å². The van der Waals surface area contributed by atoms with Gasteiger partial charge in [0.25, 0.3) is 0 Å². The zero-order chi connectivity index (χ0) is 15.9. The number of rotatable bonds is 8. The molecule has 1 unspecified atom stereocenters. The van der Waals surface area contributed by atoms with Crippen LogP contribution in [0, 0.1) is 5.41 Å². The highest BCUT2D eigenvalue weighted by Crippen LogP contribution is 2.39. The molecule has 1 aromatic heterocycles. The van der Waals surface area contributed by atoms with Crippen LogP contribution in [-0.4, -0.2) is 32.3 Å². The third-order valence-corrected chi connectivity index (χ3v) is 5.19. The Labute approximate surface area is 136 Å². The summed E-state index contributed by atoms with van der Waals surface area (Å²) in [7, 11) is 0. The van der Waals surface area contributed by atoms with E-state index >= 15 is 0 Å². The molecule has 0 aliphatic heterocycles. The maximum Gasteiger partial charge on any atom is 0.101 e. The van der Waals surface area contributed by atoms with Crippen molar-refractivity contribution in [2.24, 2.45) is 5.41 Å². The Kier molecular flexibility index (Phi) is 7.35. The Bertz CT molecular complexity index is 473. The van der Waals surface area contributed by atoms with Crippen molar-refractivity contribution in [2.45, 2.75) is 26.9 Å². The molecule has 0 aliphatic rings. The van der Waals surface area contributed by atoms with E-state index in [1.54, 1.807) is 36.0 Å². The largest absolute Gasteiger partial charge is 0.386 e. The topological polar surface area (TPSA) is 38.0 Å². The molecule has 0 fully saturated rings. The van der Waals surface area contributed by atoms with Gasteiger partial charge in [-0.25, -0.2) is 4.98 Å². The van der Waals surface area contributed by atoms with E-state index in [9.17, 15) is 5.11 Å². The fourth-order valence-electron chi connectivity index (χ4n) is 1.63. The first kappa shape index (κ1) is 18.1. The van der Waals surface area contributed by atoms with Gasteiger partial charge >= 0.3 is 0 Å². The molecule has 0 saturated carbocycles. The number of aliphatic hydroxyl groups is 1. The number of hydrogen-bond acceptors (Lipinski definition) is 4. The van der Waals surface area contributed by atoms with Gasteiger partial charge in [-0.3, -0.25) is 0 Å². The van der Waals surface area contributed by atoms with Gasteiger partial charge in [-0.1, -0.05) is 32.9 Å². The predicted molar refractivity (Wildman–Crippen MR) is 96.2 cm³/mol. The first-order chi connectivity index (χ1) is 9.91. The van der Waals surface area contributed by atoms with E-state index in [1.165, 1.54) is 0 Å². The molecule has 1 heterocycles. The lowest BCUT2D eigenvalue weighted by atomic mass is 9.87. The minimum absolute atomic E-state index is 0.256. The van der Waals surface area contributed by atoms with Crippen LogP contribution in [0.2, 0.25) is 0 Å². The third-order valence-electron chi connectivity index (χ3n) is 2.74. The van der Waals surface area contributed by atoms with E-state index in [2.05, 4.69) is 18.1 Å². The van der Waals surface area contributed by atoms with Gasteiger partial charge in [-0.15, -0.1) is 36.7 Å². The Morgan fingerprint density at radius 1 is 1.29 bits per heavy atom. The Morgan fingerprint density at radius 3 is 2.24 bits per heavy atom. The summed E-state index contributed by atoms with van der Waals surface area (Å²) < 4.78 is 2.98. The van der Waals surface area contributed by atoms with Gasteiger partial charge < -0.3 is 9.67 Å². The summed E-state index contributed by atoms with van der Waals surface area (Å²) in [6, 6.07) is 0. The highest BCUT2D eigenvalue weighted by Gasteiger charge is 2.29. The molecular formula is C16H24N2OS2. The Balaban J connectivity index is 3.29. The lowest BCUT2D eigenvalue weighted by Crippen LogP contribution is -2.30. The van der Waals surface area contributed by atoms with Crippen LogP contribution >= 0.6 is 23.5 Å². The van der Waals surface area contributed by atoms with Crippen molar-refractivity contribution in [3.05, 3.63) is 48.3 Å². The average Bonchev–Trinajstić information content (AvgIpc) is 2.94. The molecule has 1 N–H and O–H groups in total. The number of thioether (sulfide) groups is 2. The third kappa shape index (κ3) is 5.41. The number of hydrogen-bond donors (Lipinski definition) is 1. The number of nitrogens with zero attached hydrogens (tertiary/aromatic N) is 2. The Morgan fingerprint density at radius 2 is 1.86 bits per heavy atom. The van der Waals surface area contributed by atoms with Gasteiger partial charge in [0.1, 0.15) is 6.10 Å². The molecule has 1 rings (SSSR count). The fraction of sp³-hybridized carbons (Fsp3) is 0.438. The van der Waals surface area contributed by atoms with E-state index in [-0.39, 0.29) is 5.41 Å². The first-order valence-corrected chi connectivity index (χ1v) is 8.77. The zero-order valence-electron chi connectivity index (χ0n) is 13.0. The molecule has 0 aromatic carbocycles. The summed E-state index contributed by atoms with van der Waals surface area (Å²) in [5, 5.41) is 10.8. The van der Waals surface area contributed by atoms with Crippen LogP contribution in [0.15, 0.2) is 48.3 Å². The molecule has 0 amide bonds. The van der Waals surface area contributed by atoms with E-state index in [4.69, 9.17) is 0 Å². The minimum atomic E-state index is -0.587. The fourth-order valence-corrected chi connectivity index (χ4v) is 3.64. The SMILES string of the molecule is C=CCSC(SCC=C)=C(C(O)C(C)(C)C)n1ccnc1. The lowest BCUT2D eigenvalue weighted by molar-refractivity contribution is 0.109. The summed E-state index contributed by atoms with van der Waals surface area (Å²) in [6.45, 7) is 13.6. The standard InChI is InChI=1S/C16H24N2OS2/c1-6-10-20-15(21-11-7-2)13(14(19)16(3,4)5)18-9-8-17-12-18/h6-9,12,14,19H,1-2,10-11H2,3-5H3. The highest BCUT2D eigenvalue weighted by atomic mass is 32.2. The van der Waals surface area contributed by atoms with Crippen LogP contribution in [0.5, 0.6) is 0 Å². The van der Waals surface area contributed by atoms with Gasteiger partial charge in [0.2, 0.25) is 0 Å². The van der Waals surface area contributed by atoms with Crippen molar-refractivity contribution in [3.63, 3.8) is 0 Å². The van der Waals surface area contributed by atoms with Gasteiger partial charge in [0.05, 0.1) is 16.3 Å². The van der Waals surface area contributed by atoms with Crippen LogP contribution in [0.4, 0.5) is 0 Å². The van der Waals surface area contributed by atoms with Crippen LogP contribution in [0.25, 0.3) is 5.70 Å². The van der Waals surface area contributed by atoms with Crippen molar-refractivity contribution in [1.29, 1.82) is 0 Å². The number of aliphatic hydroxyl groups excluding tert-OH is 1. The second kappa shape index (κ2) is 8.51. The summed E-state index contributed by atoms with van der Waals surface area (Å²) in [4.78, 5) is 4.11. The minimum Gasteiger partial charge on any atom is -0.386 e. The van der Waals surface area contributed by atoms with Crippen molar-refractivity contribution in [3.8, 4) is 0 Å². The molecule has 1 atom stereocenters. The van der Waals surface area contributed by atoms with E-state index in [0.717, 1.165) is 21.4 Å². The van der Waals surface area contributed by atoms with Crippen molar-refractivity contribution in [2.75, 3.05) is 11.5 Å². The smallest absolute Gasteiger partial charge is 0.101 e. The van der Waals surface area contributed by atoms with Crippen LogP contribution < -0.4 is 0 Å². The number of imidazole rings is 1. The maximum atomic E-state index is 10.8. The Hall–Kier alpha value is -0.910. The maximum absolute atomic E-state index is 10.8. The molecule has 1 aromatic rings. The van der Waals surface area contributed by atoms with Gasteiger partial charge in [0.15, 0.2) is 0 Å². The van der Waals surface area contributed by atoms with Crippen molar-refractivity contribution in [1.82, 2.24) is 9.55 Å². The molecule has 21 heavy (non-hydrogen) atoms. The summed E-state index contributed by atoms with van der Waals surface area (Å²) in [5.41, 5.74) is 0.618. The summed E-state index contributed by atoms with van der Waals surface area (Å²) >= 11 is 3.36. The van der Waals surface area contributed by atoms with Crippen LogP contribution in [-0.2, 0) is 0 Å². The second-order valence-corrected chi connectivity index (χ2v) is 7.93. The molecule has 0 bridgehead atoms. The second-order valence-electron chi connectivity index (χ2n) is 5.61. The average molecular weight is 325 g/mol. The molecular weight excluding hydrogens is 300 g/mol. The van der Waals surface area contributed by atoms with E-state index < -0.39 is 6.10 Å². The van der Waals surface area contributed by atoms with Crippen molar-refractivity contribution >= 4 is 29.2 Å². The van der Waals surface area contributed by atoms with Gasteiger partial charge in [-0.05, 0) is 5.41 Å². The molecule has 5 heteroatoms. The molecule has 0 aliphatic carbocycles. The first-order valence-electron chi connectivity index (χ1n) is 6.79. The normalized spacial score (nSPS) is 12.8. The molecule has 0 spiro atoms. The highest BCUT2D eigenvalue weighted by molar-refractivity contribution is 8.22. The molecule has 0 saturated heterocycles. The molecule has 3 nitrogen and oxygen atoms in total. The quantitative estimate of drug-likeness (QED) is 0.725. The van der Waals surface area contributed by atoms with E-state index in [1.807, 2.05) is 43.7 Å². The molecule has 0 radical (unpaired) electrons. The van der Waals surface area contributed by atoms with E-state index in [0.29, 0.717) is 0 Å². The zero-order valence-corrected chi connectivity index (χ0v) is 14.6. The monoisotopic (exact) mass is 324 g/mol. The molecule has 116 valence electrons.